The predicted molar refractivity (Wildman–Crippen MR) is 74.1 cm³/mol. The summed E-state index contributed by atoms with van der Waals surface area (Å²) in [4.78, 5) is 24.2. The van der Waals surface area contributed by atoms with Crippen molar-refractivity contribution in [2.75, 3.05) is 0 Å². The van der Waals surface area contributed by atoms with Gasteiger partial charge < -0.3 is 5.11 Å². The first-order valence-electron chi connectivity index (χ1n) is 6.36. The Bertz CT molecular complexity index is 671. The molecule has 5 nitrogen and oxygen atoms in total. The van der Waals surface area contributed by atoms with E-state index in [4.69, 9.17) is 0 Å². The van der Waals surface area contributed by atoms with Crippen LogP contribution >= 0.6 is 11.8 Å². The lowest BCUT2D eigenvalue weighted by Gasteiger charge is -2.07. The number of rotatable bonds is 3. The van der Waals surface area contributed by atoms with Gasteiger partial charge in [-0.25, -0.2) is 19.7 Å². The van der Waals surface area contributed by atoms with Crippen molar-refractivity contribution in [2.24, 2.45) is 0 Å². The molecule has 0 amide bonds. The van der Waals surface area contributed by atoms with Gasteiger partial charge in [0.05, 0.1) is 5.56 Å². The van der Waals surface area contributed by atoms with Crippen molar-refractivity contribution < 1.29 is 9.90 Å². The zero-order valence-electron chi connectivity index (χ0n) is 11.0. The number of aromatic nitrogens is 3. The number of aryl methyl sites for hydroxylation is 3. The summed E-state index contributed by atoms with van der Waals surface area (Å²) in [6.07, 6.45) is 6.29. The van der Waals surface area contributed by atoms with Crippen LogP contribution in [0.25, 0.3) is 0 Å². The molecule has 1 aliphatic carbocycles. The maximum Gasteiger partial charge on any atom is 0.338 e. The van der Waals surface area contributed by atoms with Crippen molar-refractivity contribution in [3.05, 3.63) is 40.8 Å². The Labute approximate surface area is 120 Å². The average molecular weight is 287 g/mol. The van der Waals surface area contributed by atoms with E-state index in [0.29, 0.717) is 10.2 Å². The Hall–Kier alpha value is -1.95. The van der Waals surface area contributed by atoms with Crippen molar-refractivity contribution in [3.63, 3.8) is 0 Å². The van der Waals surface area contributed by atoms with Gasteiger partial charge in [-0.3, -0.25) is 0 Å². The van der Waals surface area contributed by atoms with Crippen LogP contribution in [-0.2, 0) is 12.8 Å². The van der Waals surface area contributed by atoms with E-state index < -0.39 is 5.97 Å². The smallest absolute Gasteiger partial charge is 0.338 e. The first-order chi connectivity index (χ1) is 9.63. The van der Waals surface area contributed by atoms with Crippen LogP contribution in [0.15, 0.2) is 28.6 Å². The summed E-state index contributed by atoms with van der Waals surface area (Å²) in [5.41, 5.74) is 3.26. The second-order valence-electron chi connectivity index (χ2n) is 4.75. The van der Waals surface area contributed by atoms with Gasteiger partial charge in [0.2, 0.25) is 0 Å². The Morgan fingerprint density at radius 1 is 1.30 bits per heavy atom. The molecule has 20 heavy (non-hydrogen) atoms. The van der Waals surface area contributed by atoms with E-state index in [0.717, 1.165) is 36.1 Å². The molecular weight excluding hydrogens is 274 g/mol. The van der Waals surface area contributed by atoms with Gasteiger partial charge in [-0.1, -0.05) is 0 Å². The molecule has 0 saturated carbocycles. The molecule has 0 aromatic carbocycles. The van der Waals surface area contributed by atoms with Crippen LogP contribution in [0.4, 0.5) is 0 Å². The second-order valence-corrected chi connectivity index (χ2v) is 5.71. The van der Waals surface area contributed by atoms with Crippen molar-refractivity contribution in [2.45, 2.75) is 36.4 Å². The van der Waals surface area contributed by atoms with Gasteiger partial charge in [-0.15, -0.1) is 0 Å². The molecular formula is C14H13N3O2S. The Balaban J connectivity index is 1.99. The number of pyridine rings is 1. The third kappa shape index (κ3) is 2.51. The van der Waals surface area contributed by atoms with E-state index in [-0.39, 0.29) is 5.56 Å². The normalized spacial score (nSPS) is 13.2. The highest BCUT2D eigenvalue weighted by atomic mass is 32.2. The number of carboxylic acids is 1. The van der Waals surface area contributed by atoms with E-state index in [2.05, 4.69) is 15.0 Å². The highest BCUT2D eigenvalue weighted by Gasteiger charge is 2.21. The van der Waals surface area contributed by atoms with E-state index in [1.165, 1.54) is 11.8 Å². The zero-order chi connectivity index (χ0) is 14.1. The minimum Gasteiger partial charge on any atom is -0.478 e. The van der Waals surface area contributed by atoms with Gasteiger partial charge in [0.1, 0.15) is 5.03 Å². The van der Waals surface area contributed by atoms with E-state index in [1.807, 2.05) is 6.92 Å². The zero-order valence-corrected chi connectivity index (χ0v) is 11.8. The molecule has 0 fully saturated rings. The maximum absolute atomic E-state index is 11.4. The summed E-state index contributed by atoms with van der Waals surface area (Å²) in [6, 6.07) is 1.74. The molecule has 2 aromatic rings. The summed E-state index contributed by atoms with van der Waals surface area (Å²) >= 11 is 1.20. The van der Waals surface area contributed by atoms with Crippen LogP contribution < -0.4 is 0 Å². The fourth-order valence-corrected chi connectivity index (χ4v) is 3.00. The van der Waals surface area contributed by atoms with Crippen molar-refractivity contribution in [1.82, 2.24) is 15.0 Å². The number of carboxylic acid groups (broad SMARTS) is 1. The van der Waals surface area contributed by atoms with Gasteiger partial charge in [-0.05, 0) is 55.1 Å². The topological polar surface area (TPSA) is 76.0 Å². The van der Waals surface area contributed by atoms with Gasteiger partial charge in [0.15, 0.2) is 5.16 Å². The standard InChI is InChI=1S/C14H13N3O2S/c1-8-6-15-14(16-7-8)20-12-10(13(18)19)5-9-3-2-4-11(9)17-12/h5-7H,2-4H2,1H3,(H,18,19). The molecule has 1 N–H and O–H groups in total. The van der Waals surface area contributed by atoms with Crippen LogP contribution in [-0.4, -0.2) is 26.0 Å². The molecule has 6 heteroatoms. The minimum absolute atomic E-state index is 0.236. The number of aromatic carboxylic acids is 1. The van der Waals surface area contributed by atoms with Gasteiger partial charge in [-0.2, -0.15) is 0 Å². The molecule has 2 aromatic heterocycles. The van der Waals surface area contributed by atoms with Crippen LogP contribution in [0.3, 0.4) is 0 Å². The number of nitrogens with zero attached hydrogens (tertiary/aromatic N) is 3. The molecule has 2 heterocycles. The summed E-state index contributed by atoms with van der Waals surface area (Å²) in [7, 11) is 0. The van der Waals surface area contributed by atoms with E-state index in [1.54, 1.807) is 18.5 Å². The minimum atomic E-state index is -0.957. The van der Waals surface area contributed by atoms with Crippen LogP contribution in [0.1, 0.15) is 33.6 Å². The van der Waals surface area contributed by atoms with E-state index in [9.17, 15) is 9.90 Å². The molecule has 0 unspecified atom stereocenters. The summed E-state index contributed by atoms with van der Waals surface area (Å²) in [5, 5.41) is 10.3. The number of hydrogen-bond donors (Lipinski definition) is 1. The fraction of sp³-hybridized carbons (Fsp3) is 0.286. The van der Waals surface area contributed by atoms with Gasteiger partial charge in [0.25, 0.3) is 0 Å². The molecule has 0 saturated heterocycles. The summed E-state index contributed by atoms with van der Waals surface area (Å²) < 4.78 is 0. The molecule has 0 bridgehead atoms. The Morgan fingerprint density at radius 3 is 2.75 bits per heavy atom. The first-order valence-corrected chi connectivity index (χ1v) is 7.18. The largest absolute Gasteiger partial charge is 0.478 e. The third-order valence-electron chi connectivity index (χ3n) is 3.19. The quantitative estimate of drug-likeness (QED) is 0.874. The monoisotopic (exact) mass is 287 g/mol. The van der Waals surface area contributed by atoms with Gasteiger partial charge >= 0.3 is 5.97 Å². The molecule has 3 rings (SSSR count). The highest BCUT2D eigenvalue weighted by Crippen LogP contribution is 2.30. The molecule has 0 aliphatic heterocycles. The third-order valence-corrected chi connectivity index (χ3v) is 4.09. The summed E-state index contributed by atoms with van der Waals surface area (Å²) in [5.74, 6) is -0.957. The van der Waals surface area contributed by atoms with Crippen LogP contribution in [0, 0.1) is 6.92 Å². The Morgan fingerprint density at radius 2 is 2.05 bits per heavy atom. The maximum atomic E-state index is 11.4. The molecule has 0 radical (unpaired) electrons. The highest BCUT2D eigenvalue weighted by molar-refractivity contribution is 7.99. The van der Waals surface area contributed by atoms with Crippen molar-refractivity contribution >= 4 is 17.7 Å². The van der Waals surface area contributed by atoms with Crippen molar-refractivity contribution in [3.8, 4) is 0 Å². The molecule has 0 atom stereocenters. The lowest BCUT2D eigenvalue weighted by atomic mass is 10.1. The lowest BCUT2D eigenvalue weighted by Crippen LogP contribution is -2.04. The van der Waals surface area contributed by atoms with Gasteiger partial charge in [0, 0.05) is 18.1 Å². The fourth-order valence-electron chi connectivity index (χ4n) is 2.20. The van der Waals surface area contributed by atoms with Crippen molar-refractivity contribution in [1.29, 1.82) is 0 Å². The number of hydrogen-bond acceptors (Lipinski definition) is 5. The molecule has 102 valence electrons. The molecule has 1 aliphatic rings. The number of carbonyl (C=O) groups is 1. The lowest BCUT2D eigenvalue weighted by molar-refractivity contribution is 0.0692. The predicted octanol–water partition coefficient (Wildman–Crippen LogP) is 2.52. The van der Waals surface area contributed by atoms with Crippen LogP contribution in [0.5, 0.6) is 0 Å². The number of fused-ring (bicyclic) bond motifs is 1. The SMILES string of the molecule is Cc1cnc(Sc2nc3c(cc2C(=O)O)CCC3)nc1. The van der Waals surface area contributed by atoms with Crippen LogP contribution in [0.2, 0.25) is 0 Å². The second kappa shape index (κ2) is 5.20. The molecule has 0 spiro atoms. The Kier molecular flexibility index (Phi) is 3.40. The first kappa shape index (κ1) is 13.1. The average Bonchev–Trinajstić information content (AvgIpc) is 2.87. The summed E-state index contributed by atoms with van der Waals surface area (Å²) in [6.45, 7) is 1.91. The van der Waals surface area contributed by atoms with E-state index >= 15 is 0 Å².